The van der Waals surface area contributed by atoms with Gasteiger partial charge in [-0.05, 0) is 0 Å². The molecule has 1 aromatic rings. The summed E-state index contributed by atoms with van der Waals surface area (Å²) in [4.78, 5) is 24.2. The van der Waals surface area contributed by atoms with E-state index in [2.05, 4.69) is 15.0 Å². The highest BCUT2D eigenvalue weighted by molar-refractivity contribution is 7.14. The van der Waals surface area contributed by atoms with Crippen molar-refractivity contribution in [2.75, 3.05) is 5.32 Å². The van der Waals surface area contributed by atoms with Crippen molar-refractivity contribution in [3.63, 3.8) is 0 Å². The van der Waals surface area contributed by atoms with Gasteiger partial charge in [-0.2, -0.15) is 4.98 Å². The molecular weight excluding hydrogens is 180 g/mol. The van der Waals surface area contributed by atoms with E-state index in [1.54, 1.807) is 0 Å². The van der Waals surface area contributed by atoms with Crippen molar-refractivity contribution in [3.8, 4) is 5.88 Å². The van der Waals surface area contributed by atoms with Crippen LogP contribution >= 0.6 is 11.3 Å². The molecule has 0 aliphatic carbocycles. The molecule has 1 N–H and O–H groups in total. The lowest BCUT2D eigenvalue weighted by Gasteiger charge is -1.92. The first kappa shape index (κ1) is 8.66. The van der Waals surface area contributed by atoms with Gasteiger partial charge in [0.25, 0.3) is 0 Å². The van der Waals surface area contributed by atoms with Crippen LogP contribution in [0.3, 0.4) is 0 Å². The second kappa shape index (κ2) is 3.82. The first-order valence-corrected chi connectivity index (χ1v) is 3.94. The number of amides is 1. The van der Waals surface area contributed by atoms with Crippen molar-refractivity contribution in [2.24, 2.45) is 0 Å². The molecule has 0 fully saturated rings. The van der Waals surface area contributed by atoms with E-state index in [1.165, 1.54) is 23.6 Å². The van der Waals surface area contributed by atoms with Gasteiger partial charge in [0.15, 0.2) is 5.13 Å². The number of carbonyl (C=O) groups is 2. The van der Waals surface area contributed by atoms with E-state index in [4.69, 9.17) is 0 Å². The Morgan fingerprint density at radius 1 is 1.83 bits per heavy atom. The fourth-order valence-corrected chi connectivity index (χ4v) is 1.14. The first-order chi connectivity index (χ1) is 5.72. The quantitative estimate of drug-likeness (QED) is 0.555. The minimum Gasteiger partial charge on any atom is -0.407 e. The first-order valence-electron chi connectivity index (χ1n) is 3.06. The SMILES string of the molecule is CC(=O)Oc1csc(NC=O)n1. The molecule has 0 saturated carbocycles. The van der Waals surface area contributed by atoms with E-state index in [0.717, 1.165) is 0 Å². The smallest absolute Gasteiger partial charge is 0.309 e. The summed E-state index contributed by atoms with van der Waals surface area (Å²) in [7, 11) is 0. The van der Waals surface area contributed by atoms with Crippen molar-refractivity contribution in [1.29, 1.82) is 0 Å². The van der Waals surface area contributed by atoms with Crippen molar-refractivity contribution in [3.05, 3.63) is 5.38 Å². The van der Waals surface area contributed by atoms with Gasteiger partial charge in [-0.3, -0.25) is 9.59 Å². The van der Waals surface area contributed by atoms with Crippen LogP contribution in [0.5, 0.6) is 5.88 Å². The fourth-order valence-electron chi connectivity index (χ4n) is 0.570. The molecular formula is C6H6N2O3S. The second-order valence-corrected chi connectivity index (χ2v) is 2.70. The molecule has 0 aromatic carbocycles. The molecule has 5 nitrogen and oxygen atoms in total. The average Bonchev–Trinajstić information content (AvgIpc) is 2.36. The van der Waals surface area contributed by atoms with E-state index >= 15 is 0 Å². The number of thiazole rings is 1. The largest absolute Gasteiger partial charge is 0.407 e. The molecule has 0 spiro atoms. The van der Waals surface area contributed by atoms with E-state index in [0.29, 0.717) is 11.5 Å². The Bertz CT molecular complexity index is 297. The number of rotatable bonds is 3. The summed E-state index contributed by atoms with van der Waals surface area (Å²) < 4.78 is 4.65. The number of aromatic nitrogens is 1. The van der Waals surface area contributed by atoms with Crippen LogP contribution in [0, 0.1) is 0 Å². The zero-order chi connectivity index (χ0) is 8.97. The maximum Gasteiger partial charge on any atom is 0.309 e. The lowest BCUT2D eigenvalue weighted by molar-refractivity contribution is -0.132. The number of esters is 1. The minimum absolute atomic E-state index is 0.205. The van der Waals surface area contributed by atoms with Crippen LogP contribution in [0.2, 0.25) is 0 Å². The van der Waals surface area contributed by atoms with Gasteiger partial charge >= 0.3 is 5.97 Å². The number of nitrogens with zero attached hydrogens (tertiary/aromatic N) is 1. The number of anilines is 1. The fraction of sp³-hybridized carbons (Fsp3) is 0.167. The highest BCUT2D eigenvalue weighted by atomic mass is 32.1. The summed E-state index contributed by atoms with van der Waals surface area (Å²) in [5.74, 6) is -0.227. The van der Waals surface area contributed by atoms with Crippen LogP contribution in [-0.4, -0.2) is 17.4 Å². The summed E-state index contributed by atoms with van der Waals surface area (Å²) >= 11 is 1.19. The van der Waals surface area contributed by atoms with E-state index in [-0.39, 0.29) is 5.88 Å². The van der Waals surface area contributed by atoms with Gasteiger partial charge in [0.1, 0.15) is 0 Å². The van der Waals surface area contributed by atoms with Gasteiger partial charge in [-0.1, -0.05) is 0 Å². The molecule has 0 aliphatic heterocycles. The van der Waals surface area contributed by atoms with E-state index in [9.17, 15) is 9.59 Å². The molecule has 0 unspecified atom stereocenters. The van der Waals surface area contributed by atoms with Gasteiger partial charge in [0.05, 0.1) is 5.38 Å². The van der Waals surface area contributed by atoms with Crippen LogP contribution in [0.25, 0.3) is 0 Å². The Morgan fingerprint density at radius 2 is 2.58 bits per heavy atom. The zero-order valence-corrected chi connectivity index (χ0v) is 7.05. The number of hydrogen-bond acceptors (Lipinski definition) is 5. The predicted molar refractivity (Wildman–Crippen MR) is 43.1 cm³/mol. The molecule has 6 heteroatoms. The van der Waals surface area contributed by atoms with Crippen LogP contribution in [-0.2, 0) is 9.59 Å². The van der Waals surface area contributed by atoms with Crippen molar-refractivity contribution < 1.29 is 14.3 Å². The maximum atomic E-state index is 10.4. The van der Waals surface area contributed by atoms with Crippen LogP contribution in [0.15, 0.2) is 5.38 Å². The molecule has 1 amide bonds. The summed E-state index contributed by atoms with van der Waals surface area (Å²) in [5.41, 5.74) is 0. The van der Waals surface area contributed by atoms with Gasteiger partial charge in [0.2, 0.25) is 12.3 Å². The monoisotopic (exact) mass is 186 g/mol. The molecule has 64 valence electrons. The lowest BCUT2D eigenvalue weighted by Crippen LogP contribution is -2.01. The summed E-state index contributed by atoms with van der Waals surface area (Å²) in [6, 6.07) is 0. The molecule has 0 aliphatic rings. The number of hydrogen-bond donors (Lipinski definition) is 1. The maximum absolute atomic E-state index is 10.4. The molecule has 0 atom stereocenters. The van der Waals surface area contributed by atoms with Crippen LogP contribution < -0.4 is 10.1 Å². The number of ether oxygens (including phenoxy) is 1. The van der Waals surface area contributed by atoms with Gasteiger partial charge < -0.3 is 10.1 Å². The highest BCUT2D eigenvalue weighted by Gasteiger charge is 2.03. The third-order valence-electron chi connectivity index (χ3n) is 0.914. The second-order valence-electron chi connectivity index (χ2n) is 1.85. The van der Waals surface area contributed by atoms with Crippen LogP contribution in [0.1, 0.15) is 6.92 Å². The predicted octanol–water partition coefficient (Wildman–Crippen LogP) is 0.637. The molecule has 12 heavy (non-hydrogen) atoms. The summed E-state index contributed by atoms with van der Waals surface area (Å²) in [6.07, 6.45) is 0.510. The third-order valence-corrected chi connectivity index (χ3v) is 1.67. The Morgan fingerprint density at radius 3 is 3.17 bits per heavy atom. The van der Waals surface area contributed by atoms with Gasteiger partial charge in [-0.25, -0.2) is 0 Å². The minimum atomic E-state index is -0.432. The molecule has 1 aromatic heterocycles. The Labute approximate surface area is 72.4 Å². The van der Waals surface area contributed by atoms with Gasteiger partial charge in [0, 0.05) is 6.92 Å². The highest BCUT2D eigenvalue weighted by Crippen LogP contribution is 2.20. The molecule has 0 radical (unpaired) electrons. The molecule has 0 bridgehead atoms. The molecule has 1 heterocycles. The lowest BCUT2D eigenvalue weighted by atomic mass is 10.8. The Balaban J connectivity index is 2.63. The zero-order valence-electron chi connectivity index (χ0n) is 6.23. The molecule has 0 saturated heterocycles. The van der Waals surface area contributed by atoms with Gasteiger partial charge in [-0.15, -0.1) is 11.3 Å². The topological polar surface area (TPSA) is 68.3 Å². The van der Waals surface area contributed by atoms with E-state index in [1.807, 2.05) is 0 Å². The van der Waals surface area contributed by atoms with Crippen molar-refractivity contribution >= 4 is 28.8 Å². The third kappa shape index (κ3) is 2.31. The van der Waals surface area contributed by atoms with Crippen molar-refractivity contribution in [1.82, 2.24) is 4.98 Å². The summed E-state index contributed by atoms with van der Waals surface area (Å²) in [6.45, 7) is 1.28. The number of nitrogens with one attached hydrogen (secondary N) is 1. The normalized spacial score (nSPS) is 9.08. The summed E-state index contributed by atoms with van der Waals surface area (Å²) in [5, 5.41) is 4.28. The molecule has 1 rings (SSSR count). The van der Waals surface area contributed by atoms with Crippen molar-refractivity contribution in [2.45, 2.75) is 6.92 Å². The Kier molecular flexibility index (Phi) is 2.76. The average molecular weight is 186 g/mol. The van der Waals surface area contributed by atoms with E-state index < -0.39 is 5.97 Å². The van der Waals surface area contributed by atoms with Crippen LogP contribution in [0.4, 0.5) is 5.13 Å². The number of carbonyl (C=O) groups excluding carboxylic acids is 2. The standard InChI is InChI=1S/C6H6N2O3S/c1-4(10)11-5-2-12-6(8-5)7-3-9/h2-3H,1H3,(H,7,8,9). The Hall–Kier alpha value is -1.43.